The van der Waals surface area contributed by atoms with Crippen LogP contribution in [0.15, 0.2) is 23.5 Å². The summed E-state index contributed by atoms with van der Waals surface area (Å²) in [4.78, 5) is 30.3. The summed E-state index contributed by atoms with van der Waals surface area (Å²) in [6, 6.07) is 1.81. The first-order chi connectivity index (χ1) is 10.6. The molecule has 0 aliphatic carbocycles. The number of anilines is 1. The van der Waals surface area contributed by atoms with E-state index in [-0.39, 0.29) is 36.4 Å². The number of nitrogens with zero attached hydrogens (tertiary/aromatic N) is 6. The van der Waals surface area contributed by atoms with Crippen molar-refractivity contribution in [3.8, 4) is 0 Å². The van der Waals surface area contributed by atoms with Crippen LogP contribution in [0.4, 0.5) is 5.95 Å². The van der Waals surface area contributed by atoms with Gasteiger partial charge in [-0.1, -0.05) is 0 Å². The summed E-state index contributed by atoms with van der Waals surface area (Å²) in [6.07, 6.45) is 3.50. The summed E-state index contributed by atoms with van der Waals surface area (Å²) in [5.41, 5.74) is 0. The van der Waals surface area contributed by atoms with Gasteiger partial charge in [-0.15, -0.1) is 24.0 Å². The minimum atomic E-state index is 0. The lowest BCUT2D eigenvalue weighted by Crippen LogP contribution is -2.54. The van der Waals surface area contributed by atoms with Gasteiger partial charge in [0.05, 0.1) is 6.54 Å². The van der Waals surface area contributed by atoms with Crippen molar-refractivity contribution < 1.29 is 4.79 Å². The second-order valence-corrected chi connectivity index (χ2v) is 5.21. The fourth-order valence-electron chi connectivity index (χ4n) is 2.22. The van der Waals surface area contributed by atoms with Crippen molar-refractivity contribution in [1.82, 2.24) is 25.1 Å². The Hall–Kier alpha value is -1.65. The molecule has 1 saturated heterocycles. The smallest absolute Gasteiger partial charge is 0.241 e. The number of halogens is 1. The molecule has 0 atom stereocenters. The topological polar surface area (TPSA) is 77.0 Å². The average Bonchev–Trinajstić information content (AvgIpc) is 2.56. The normalized spacial score (nSPS) is 15.0. The maximum absolute atomic E-state index is 11.6. The Kier molecular flexibility index (Phi) is 8.00. The largest absolute Gasteiger partial charge is 0.347 e. The van der Waals surface area contributed by atoms with Crippen molar-refractivity contribution in [2.45, 2.75) is 0 Å². The third-order valence-corrected chi connectivity index (χ3v) is 3.52. The number of aliphatic imine (C=N–C) groups is 1. The molecule has 0 radical (unpaired) electrons. The lowest BCUT2D eigenvalue weighted by atomic mass is 10.3. The monoisotopic (exact) mass is 433 g/mol. The first-order valence-corrected chi connectivity index (χ1v) is 7.29. The van der Waals surface area contributed by atoms with E-state index in [1.165, 1.54) is 0 Å². The van der Waals surface area contributed by atoms with Crippen LogP contribution in [0.5, 0.6) is 0 Å². The van der Waals surface area contributed by atoms with Crippen LogP contribution in [0.2, 0.25) is 0 Å². The van der Waals surface area contributed by atoms with Crippen molar-refractivity contribution in [3.05, 3.63) is 18.5 Å². The molecule has 1 aromatic rings. The Balaban J connectivity index is 0.00000264. The molecule has 1 amide bonds. The molecule has 1 aromatic heterocycles. The van der Waals surface area contributed by atoms with Crippen molar-refractivity contribution in [3.63, 3.8) is 0 Å². The fraction of sp³-hybridized carbons (Fsp3) is 0.571. The van der Waals surface area contributed by atoms with Crippen LogP contribution in [-0.4, -0.2) is 85.5 Å². The van der Waals surface area contributed by atoms with E-state index in [2.05, 4.69) is 30.1 Å². The molecule has 0 aromatic carbocycles. The van der Waals surface area contributed by atoms with Crippen molar-refractivity contribution in [2.24, 2.45) is 4.99 Å². The molecular weight excluding hydrogens is 409 g/mol. The number of amides is 1. The second kappa shape index (κ2) is 9.48. The number of likely N-dealkylation sites (N-methyl/N-ethyl adjacent to an activating group) is 1. The van der Waals surface area contributed by atoms with Crippen LogP contribution in [0, 0.1) is 0 Å². The molecule has 1 fully saturated rings. The number of aromatic nitrogens is 2. The highest BCUT2D eigenvalue weighted by atomic mass is 127. The van der Waals surface area contributed by atoms with E-state index in [0.29, 0.717) is 0 Å². The Morgan fingerprint density at radius 3 is 2.39 bits per heavy atom. The van der Waals surface area contributed by atoms with E-state index >= 15 is 0 Å². The van der Waals surface area contributed by atoms with Gasteiger partial charge in [0.25, 0.3) is 0 Å². The van der Waals surface area contributed by atoms with Crippen LogP contribution >= 0.6 is 24.0 Å². The fourth-order valence-corrected chi connectivity index (χ4v) is 2.22. The highest BCUT2D eigenvalue weighted by Gasteiger charge is 2.21. The van der Waals surface area contributed by atoms with Crippen molar-refractivity contribution in [2.75, 3.05) is 58.8 Å². The highest BCUT2D eigenvalue weighted by molar-refractivity contribution is 14.0. The summed E-state index contributed by atoms with van der Waals surface area (Å²) >= 11 is 0. The molecule has 2 heterocycles. The Bertz CT molecular complexity index is 515. The molecule has 8 nitrogen and oxygen atoms in total. The van der Waals surface area contributed by atoms with Gasteiger partial charge < -0.3 is 20.0 Å². The molecular formula is C14H24IN7O. The molecule has 1 aliphatic rings. The Morgan fingerprint density at radius 1 is 1.26 bits per heavy atom. The Labute approximate surface area is 154 Å². The van der Waals surface area contributed by atoms with Gasteiger partial charge in [0, 0.05) is 59.7 Å². The lowest BCUT2D eigenvalue weighted by Gasteiger charge is -2.36. The Morgan fingerprint density at radius 2 is 1.87 bits per heavy atom. The molecule has 9 heteroatoms. The average molecular weight is 433 g/mol. The molecule has 23 heavy (non-hydrogen) atoms. The predicted octanol–water partition coefficient (Wildman–Crippen LogP) is -0.120. The molecule has 0 spiro atoms. The SMILES string of the molecule is CN=C(NCC(=O)N(C)C)N1CCN(c2ncccn2)CC1.I. The molecule has 0 saturated carbocycles. The van der Waals surface area contributed by atoms with Crippen molar-refractivity contribution in [1.29, 1.82) is 0 Å². The summed E-state index contributed by atoms with van der Waals surface area (Å²) in [5.74, 6) is 1.54. The summed E-state index contributed by atoms with van der Waals surface area (Å²) < 4.78 is 0. The predicted molar refractivity (Wildman–Crippen MR) is 101 cm³/mol. The quantitative estimate of drug-likeness (QED) is 0.407. The first-order valence-electron chi connectivity index (χ1n) is 7.29. The number of carbonyl (C=O) groups excluding carboxylic acids is 1. The lowest BCUT2D eigenvalue weighted by molar-refractivity contribution is -0.127. The van der Waals surface area contributed by atoms with Crippen LogP contribution in [0.25, 0.3) is 0 Å². The van der Waals surface area contributed by atoms with Gasteiger partial charge in [0.15, 0.2) is 5.96 Å². The summed E-state index contributed by atoms with van der Waals surface area (Å²) in [7, 11) is 5.21. The third kappa shape index (κ3) is 5.48. The van der Waals surface area contributed by atoms with E-state index in [4.69, 9.17) is 0 Å². The third-order valence-electron chi connectivity index (χ3n) is 3.52. The number of hydrogen-bond donors (Lipinski definition) is 1. The number of nitrogens with one attached hydrogen (secondary N) is 1. The van der Waals surface area contributed by atoms with Crippen LogP contribution in [0.1, 0.15) is 0 Å². The van der Waals surface area contributed by atoms with Gasteiger partial charge in [-0.05, 0) is 6.07 Å². The molecule has 1 aliphatic heterocycles. The van der Waals surface area contributed by atoms with E-state index in [1.807, 2.05) is 6.07 Å². The number of piperazine rings is 1. The van der Waals surface area contributed by atoms with Gasteiger partial charge in [-0.25, -0.2) is 9.97 Å². The zero-order chi connectivity index (χ0) is 15.9. The number of hydrogen-bond acceptors (Lipinski definition) is 5. The number of guanidine groups is 1. The molecule has 128 valence electrons. The zero-order valence-corrected chi connectivity index (χ0v) is 16.1. The molecule has 2 rings (SSSR count). The summed E-state index contributed by atoms with van der Waals surface area (Å²) in [6.45, 7) is 3.53. The molecule has 0 unspecified atom stereocenters. The van der Waals surface area contributed by atoms with E-state index in [1.54, 1.807) is 38.4 Å². The van der Waals surface area contributed by atoms with Gasteiger partial charge in [-0.3, -0.25) is 9.79 Å². The minimum absolute atomic E-state index is 0. The number of rotatable bonds is 3. The molecule has 0 bridgehead atoms. The maximum Gasteiger partial charge on any atom is 0.241 e. The summed E-state index contributed by atoms with van der Waals surface area (Å²) in [5, 5.41) is 3.11. The van der Waals surface area contributed by atoms with E-state index in [0.717, 1.165) is 38.1 Å². The number of carbonyl (C=O) groups is 1. The van der Waals surface area contributed by atoms with Crippen LogP contribution in [-0.2, 0) is 4.79 Å². The maximum atomic E-state index is 11.6. The van der Waals surface area contributed by atoms with Gasteiger partial charge in [-0.2, -0.15) is 0 Å². The van der Waals surface area contributed by atoms with Crippen molar-refractivity contribution >= 4 is 41.8 Å². The minimum Gasteiger partial charge on any atom is -0.347 e. The zero-order valence-electron chi connectivity index (χ0n) is 13.8. The van der Waals surface area contributed by atoms with Crippen LogP contribution in [0.3, 0.4) is 0 Å². The highest BCUT2D eigenvalue weighted by Crippen LogP contribution is 2.09. The first kappa shape index (κ1) is 19.4. The van der Waals surface area contributed by atoms with E-state index in [9.17, 15) is 4.79 Å². The second-order valence-electron chi connectivity index (χ2n) is 5.21. The molecule has 1 N–H and O–H groups in total. The van der Waals surface area contributed by atoms with Crippen LogP contribution < -0.4 is 10.2 Å². The standard InChI is InChI=1S/C14H23N7O.HI/c1-15-13(18-11-12(22)19(2)3)20-7-9-21(10-8-20)14-16-5-4-6-17-14;/h4-6H,7-11H2,1-3H3,(H,15,18);1H. The van der Waals surface area contributed by atoms with Gasteiger partial charge in [0.1, 0.15) is 0 Å². The van der Waals surface area contributed by atoms with Gasteiger partial charge >= 0.3 is 0 Å². The van der Waals surface area contributed by atoms with Gasteiger partial charge in [0.2, 0.25) is 11.9 Å². The van der Waals surface area contributed by atoms with E-state index < -0.39 is 0 Å².